The minimum Gasteiger partial charge on any atom is -0.293 e. The first-order valence-corrected chi connectivity index (χ1v) is 8.26. The van der Waals surface area contributed by atoms with E-state index < -0.39 is 17.4 Å². The van der Waals surface area contributed by atoms with E-state index in [0.717, 1.165) is 5.56 Å². The zero-order valence-electron chi connectivity index (χ0n) is 14.6. The number of nitrogens with zero attached hydrogens (tertiary/aromatic N) is 3. The van der Waals surface area contributed by atoms with Crippen molar-refractivity contribution in [3.8, 4) is 5.69 Å². The quantitative estimate of drug-likeness (QED) is 0.397. The summed E-state index contributed by atoms with van der Waals surface area (Å²) in [5.41, 5.74) is 3.58. The highest BCUT2D eigenvalue weighted by molar-refractivity contribution is 6.65. The molecule has 3 rings (SSSR count). The number of hydrogen-bond donors (Lipinski definition) is 1. The number of aromatic nitrogens is 2. The van der Waals surface area contributed by atoms with Gasteiger partial charge in [0.15, 0.2) is 17.3 Å². The van der Waals surface area contributed by atoms with Crippen molar-refractivity contribution in [3.05, 3.63) is 78.4 Å². The van der Waals surface area contributed by atoms with Crippen molar-refractivity contribution < 1.29 is 14.0 Å². The van der Waals surface area contributed by atoms with Crippen molar-refractivity contribution >= 4 is 23.0 Å². The molecule has 6 nitrogen and oxygen atoms in total. The van der Waals surface area contributed by atoms with Crippen LogP contribution >= 0.6 is 0 Å². The Morgan fingerprint density at radius 1 is 1.15 bits per heavy atom. The van der Waals surface area contributed by atoms with E-state index in [1.165, 1.54) is 23.7 Å². The standard InChI is InChI=1S/C20H17FN4O2/c1-14(26)20(19(27)12-15-6-3-2-4-7-15)24-23-18-9-8-16(13-17(18)21)25-11-5-10-22-25/h2-11,13,23H,12H2,1H3. The summed E-state index contributed by atoms with van der Waals surface area (Å²) >= 11 is 0. The number of ketones is 2. The minimum atomic E-state index is -0.579. The van der Waals surface area contributed by atoms with Gasteiger partial charge in [0.05, 0.1) is 11.4 Å². The van der Waals surface area contributed by atoms with E-state index in [-0.39, 0.29) is 17.8 Å². The number of rotatable bonds is 7. The lowest BCUT2D eigenvalue weighted by molar-refractivity contribution is -0.115. The Hall–Kier alpha value is -3.61. The topological polar surface area (TPSA) is 76.3 Å². The summed E-state index contributed by atoms with van der Waals surface area (Å²) < 4.78 is 15.8. The van der Waals surface area contributed by atoms with Crippen LogP contribution in [0.25, 0.3) is 5.69 Å². The predicted molar refractivity (Wildman–Crippen MR) is 100 cm³/mol. The molecule has 0 amide bonds. The van der Waals surface area contributed by atoms with Gasteiger partial charge in [0.25, 0.3) is 0 Å². The van der Waals surface area contributed by atoms with Gasteiger partial charge in [-0.1, -0.05) is 30.3 Å². The maximum atomic E-state index is 14.3. The molecular weight excluding hydrogens is 347 g/mol. The summed E-state index contributed by atoms with van der Waals surface area (Å²) in [5, 5.41) is 7.88. The van der Waals surface area contributed by atoms with E-state index in [0.29, 0.717) is 5.69 Å². The molecule has 3 aromatic rings. The molecule has 0 unspecified atom stereocenters. The molecule has 0 saturated carbocycles. The average Bonchev–Trinajstić information content (AvgIpc) is 3.18. The molecule has 0 radical (unpaired) electrons. The SMILES string of the molecule is CC(=O)C(=NNc1ccc(-n2cccn2)cc1F)C(=O)Cc1ccccc1. The van der Waals surface area contributed by atoms with Crippen molar-refractivity contribution in [2.75, 3.05) is 5.43 Å². The molecule has 2 aromatic carbocycles. The summed E-state index contributed by atoms with van der Waals surface area (Å²) in [6, 6.07) is 15.2. The highest BCUT2D eigenvalue weighted by atomic mass is 19.1. The third-order valence-corrected chi connectivity index (χ3v) is 3.81. The number of hydrazone groups is 1. The monoisotopic (exact) mass is 364 g/mol. The van der Waals surface area contributed by atoms with Crippen LogP contribution in [0.1, 0.15) is 12.5 Å². The second-order valence-electron chi connectivity index (χ2n) is 5.83. The van der Waals surface area contributed by atoms with E-state index in [1.807, 2.05) is 18.2 Å². The lowest BCUT2D eigenvalue weighted by atomic mass is 10.0. The van der Waals surface area contributed by atoms with Crippen LogP contribution in [0.3, 0.4) is 0 Å². The van der Waals surface area contributed by atoms with Crippen molar-refractivity contribution in [1.29, 1.82) is 0 Å². The first kappa shape index (κ1) is 18.2. The molecule has 0 saturated heterocycles. The number of carbonyl (C=O) groups is 2. The largest absolute Gasteiger partial charge is 0.293 e. The Balaban J connectivity index is 1.77. The molecular formula is C20H17FN4O2. The molecule has 1 heterocycles. The van der Waals surface area contributed by atoms with Crippen LogP contribution < -0.4 is 5.43 Å². The van der Waals surface area contributed by atoms with Gasteiger partial charge in [0.1, 0.15) is 5.82 Å². The first-order valence-electron chi connectivity index (χ1n) is 8.26. The molecule has 0 aliphatic heterocycles. The number of nitrogens with one attached hydrogen (secondary N) is 1. The van der Waals surface area contributed by atoms with E-state index in [9.17, 15) is 14.0 Å². The van der Waals surface area contributed by atoms with E-state index >= 15 is 0 Å². The van der Waals surface area contributed by atoms with Crippen LogP contribution in [0, 0.1) is 5.82 Å². The van der Waals surface area contributed by atoms with Crippen molar-refractivity contribution in [2.24, 2.45) is 5.10 Å². The maximum Gasteiger partial charge on any atom is 0.191 e. The Bertz CT molecular complexity index is 982. The van der Waals surface area contributed by atoms with E-state index in [4.69, 9.17) is 0 Å². The van der Waals surface area contributed by atoms with Gasteiger partial charge >= 0.3 is 0 Å². The van der Waals surface area contributed by atoms with Crippen molar-refractivity contribution in [1.82, 2.24) is 9.78 Å². The molecule has 1 aromatic heterocycles. The molecule has 0 aliphatic rings. The highest BCUT2D eigenvalue weighted by Crippen LogP contribution is 2.18. The number of hydrogen-bond acceptors (Lipinski definition) is 5. The minimum absolute atomic E-state index is 0.0433. The molecule has 0 aliphatic carbocycles. The summed E-state index contributed by atoms with van der Waals surface area (Å²) in [4.78, 5) is 24.2. The molecule has 1 N–H and O–H groups in total. The normalized spacial score (nSPS) is 11.3. The van der Waals surface area contributed by atoms with Crippen molar-refractivity contribution in [2.45, 2.75) is 13.3 Å². The Morgan fingerprint density at radius 2 is 1.93 bits per heavy atom. The second kappa shape index (κ2) is 8.18. The van der Waals surface area contributed by atoms with Crippen LogP contribution in [-0.4, -0.2) is 27.1 Å². The highest BCUT2D eigenvalue weighted by Gasteiger charge is 2.17. The van der Waals surface area contributed by atoms with Gasteiger partial charge < -0.3 is 0 Å². The lowest BCUT2D eigenvalue weighted by Crippen LogP contribution is -2.25. The van der Waals surface area contributed by atoms with Crippen LogP contribution in [0.2, 0.25) is 0 Å². The smallest absolute Gasteiger partial charge is 0.191 e. The van der Waals surface area contributed by atoms with Gasteiger partial charge in [-0.3, -0.25) is 15.0 Å². The van der Waals surface area contributed by atoms with Gasteiger partial charge in [-0.2, -0.15) is 10.2 Å². The first-order chi connectivity index (χ1) is 13.0. The zero-order valence-corrected chi connectivity index (χ0v) is 14.6. The number of halogens is 1. The Labute approximate surface area is 155 Å². The number of benzene rings is 2. The molecule has 0 bridgehead atoms. The van der Waals surface area contributed by atoms with Crippen molar-refractivity contribution in [3.63, 3.8) is 0 Å². The average molecular weight is 364 g/mol. The second-order valence-corrected chi connectivity index (χ2v) is 5.83. The zero-order chi connectivity index (χ0) is 19.2. The lowest BCUT2D eigenvalue weighted by Gasteiger charge is -2.07. The summed E-state index contributed by atoms with van der Waals surface area (Å²) in [5.74, 6) is -1.50. The van der Waals surface area contributed by atoms with Gasteiger partial charge in [-0.05, 0) is 23.8 Å². The molecule has 0 atom stereocenters. The van der Waals surface area contributed by atoms with Crippen LogP contribution in [0.4, 0.5) is 10.1 Å². The van der Waals surface area contributed by atoms with Crippen LogP contribution in [0.5, 0.6) is 0 Å². The third kappa shape index (κ3) is 4.52. The molecule has 27 heavy (non-hydrogen) atoms. The fraction of sp³-hybridized carbons (Fsp3) is 0.100. The Morgan fingerprint density at radius 3 is 2.56 bits per heavy atom. The molecule has 0 fully saturated rings. The van der Waals surface area contributed by atoms with Gasteiger partial charge in [0, 0.05) is 31.8 Å². The van der Waals surface area contributed by atoms with Gasteiger partial charge in [-0.15, -0.1) is 0 Å². The van der Waals surface area contributed by atoms with Crippen LogP contribution in [-0.2, 0) is 16.0 Å². The number of carbonyl (C=O) groups excluding carboxylic acids is 2. The summed E-state index contributed by atoms with van der Waals surface area (Å²) in [6.07, 6.45) is 3.32. The fourth-order valence-electron chi connectivity index (χ4n) is 2.48. The number of Topliss-reactive ketones (excluding diaryl/α,β-unsaturated/α-hetero) is 2. The summed E-state index contributed by atoms with van der Waals surface area (Å²) in [7, 11) is 0. The van der Waals surface area contributed by atoms with E-state index in [2.05, 4.69) is 15.6 Å². The predicted octanol–water partition coefficient (Wildman–Crippen LogP) is 3.18. The van der Waals surface area contributed by atoms with Gasteiger partial charge in [-0.25, -0.2) is 9.07 Å². The maximum absolute atomic E-state index is 14.3. The number of anilines is 1. The molecule has 136 valence electrons. The third-order valence-electron chi connectivity index (χ3n) is 3.81. The Kier molecular flexibility index (Phi) is 5.51. The molecule has 7 heteroatoms. The van der Waals surface area contributed by atoms with E-state index in [1.54, 1.807) is 36.7 Å². The summed E-state index contributed by atoms with van der Waals surface area (Å²) in [6.45, 7) is 1.25. The molecule has 0 spiro atoms. The van der Waals surface area contributed by atoms with Crippen LogP contribution in [0.15, 0.2) is 72.1 Å². The van der Waals surface area contributed by atoms with Gasteiger partial charge in [0.2, 0.25) is 0 Å². The fourth-order valence-corrected chi connectivity index (χ4v) is 2.48.